The predicted molar refractivity (Wildman–Crippen MR) is 204 cm³/mol. The number of rotatable bonds is 19. The first-order valence-electron chi connectivity index (χ1n) is 19.4. The van der Waals surface area contributed by atoms with Crippen LogP contribution in [0.5, 0.6) is 11.5 Å². The number of carbonyl (C=O) groups is 5. The van der Waals surface area contributed by atoms with E-state index in [-0.39, 0.29) is 66.0 Å². The number of nitrogens with zero attached hydrogens (tertiary/aromatic N) is 1. The van der Waals surface area contributed by atoms with E-state index in [0.29, 0.717) is 74.6 Å². The number of unbranched alkanes of at least 4 members (excludes halogenated alkanes) is 5. The summed E-state index contributed by atoms with van der Waals surface area (Å²) >= 11 is 0. The molecule has 2 amide bonds. The van der Waals surface area contributed by atoms with Crippen molar-refractivity contribution < 1.29 is 34.2 Å². The van der Waals surface area contributed by atoms with Crippen molar-refractivity contribution in [2.24, 2.45) is 17.6 Å². The fourth-order valence-corrected chi connectivity index (χ4v) is 7.10. The molecule has 4 bridgehead atoms. The van der Waals surface area contributed by atoms with Gasteiger partial charge in [0.1, 0.15) is 29.1 Å². The van der Waals surface area contributed by atoms with Gasteiger partial charge in [-0.3, -0.25) is 24.0 Å². The number of hydrogen-bond donors (Lipinski definition) is 4. The van der Waals surface area contributed by atoms with Gasteiger partial charge in [-0.25, -0.2) is 0 Å². The topological polar surface area (TPSA) is 167 Å². The lowest BCUT2D eigenvalue weighted by Crippen LogP contribution is -2.43. The Hall–Kier alpha value is -4.05. The minimum absolute atomic E-state index is 0.0153. The fourth-order valence-electron chi connectivity index (χ4n) is 7.10. The zero-order valence-electron chi connectivity index (χ0n) is 31.8. The van der Waals surface area contributed by atoms with Crippen LogP contribution >= 0.6 is 0 Å². The number of aromatic hydroxyl groups is 2. The van der Waals surface area contributed by atoms with E-state index < -0.39 is 17.9 Å². The van der Waals surface area contributed by atoms with E-state index >= 15 is 0 Å². The van der Waals surface area contributed by atoms with Gasteiger partial charge in [0.25, 0.3) is 0 Å². The van der Waals surface area contributed by atoms with Gasteiger partial charge in [-0.1, -0.05) is 65.0 Å². The van der Waals surface area contributed by atoms with Crippen LogP contribution in [0.25, 0.3) is 11.1 Å². The number of phenolic OH excluding ortho intramolecular Hbond substituents is 2. The normalized spacial score (nSPS) is 18.3. The molecule has 52 heavy (non-hydrogen) atoms. The molecule has 5 N–H and O–H groups in total. The van der Waals surface area contributed by atoms with E-state index in [1.54, 1.807) is 37.3 Å². The van der Waals surface area contributed by atoms with Crippen molar-refractivity contribution in [2.75, 3.05) is 13.6 Å². The van der Waals surface area contributed by atoms with Crippen molar-refractivity contribution in [3.05, 3.63) is 47.5 Å². The summed E-state index contributed by atoms with van der Waals surface area (Å²) in [4.78, 5) is 68.8. The van der Waals surface area contributed by atoms with Crippen LogP contribution in [0.15, 0.2) is 36.4 Å². The molecule has 3 rings (SSSR count). The number of likely N-dealkylation sites (N-methyl/N-ethyl adjacent to an activating group) is 1. The van der Waals surface area contributed by atoms with Crippen molar-refractivity contribution in [1.29, 1.82) is 0 Å². The molecule has 10 heteroatoms. The van der Waals surface area contributed by atoms with Crippen LogP contribution in [0, 0.1) is 11.8 Å². The molecule has 1 aliphatic heterocycles. The number of fused-ring (bicyclic) bond motifs is 5. The van der Waals surface area contributed by atoms with Gasteiger partial charge >= 0.3 is 0 Å². The van der Waals surface area contributed by atoms with Gasteiger partial charge < -0.3 is 26.2 Å². The van der Waals surface area contributed by atoms with E-state index in [1.165, 1.54) is 24.4 Å². The molecule has 1 heterocycles. The van der Waals surface area contributed by atoms with Crippen LogP contribution in [0.4, 0.5) is 0 Å². The van der Waals surface area contributed by atoms with Gasteiger partial charge in [-0.15, -0.1) is 0 Å². The zero-order chi connectivity index (χ0) is 38.2. The van der Waals surface area contributed by atoms with Gasteiger partial charge in [-0.05, 0) is 80.5 Å². The van der Waals surface area contributed by atoms with Crippen LogP contribution in [0.2, 0.25) is 0 Å². The van der Waals surface area contributed by atoms with Crippen LogP contribution < -0.4 is 11.1 Å². The third-order valence-corrected chi connectivity index (χ3v) is 10.3. The van der Waals surface area contributed by atoms with Gasteiger partial charge in [0.15, 0.2) is 5.78 Å². The second-order valence-corrected chi connectivity index (χ2v) is 14.6. The highest BCUT2D eigenvalue weighted by Gasteiger charge is 2.35. The first-order chi connectivity index (χ1) is 24.9. The molecule has 4 atom stereocenters. The summed E-state index contributed by atoms with van der Waals surface area (Å²) in [6, 6.07) is 8.39. The Morgan fingerprint density at radius 2 is 1.50 bits per heavy atom. The number of phenols is 2. The monoisotopic (exact) mass is 719 g/mol. The van der Waals surface area contributed by atoms with Crippen LogP contribution in [0.3, 0.4) is 0 Å². The van der Waals surface area contributed by atoms with Gasteiger partial charge in [-0.2, -0.15) is 0 Å². The quantitative estimate of drug-likeness (QED) is 0.111. The van der Waals surface area contributed by atoms with Crippen molar-refractivity contribution in [3.63, 3.8) is 0 Å². The maximum atomic E-state index is 14.3. The Bertz CT molecular complexity index is 1520. The van der Waals surface area contributed by atoms with Gasteiger partial charge in [0.2, 0.25) is 11.8 Å². The summed E-state index contributed by atoms with van der Waals surface area (Å²) in [5.74, 6) is -2.50. The average molecular weight is 720 g/mol. The summed E-state index contributed by atoms with van der Waals surface area (Å²) in [5.41, 5.74) is 7.69. The summed E-state index contributed by atoms with van der Waals surface area (Å²) < 4.78 is 0. The number of benzene rings is 2. The maximum Gasteiger partial charge on any atom is 0.226 e. The lowest BCUT2D eigenvalue weighted by Gasteiger charge is -2.32. The molecular weight excluding hydrogens is 658 g/mol. The van der Waals surface area contributed by atoms with E-state index in [9.17, 15) is 34.2 Å². The molecule has 1 aliphatic rings. The van der Waals surface area contributed by atoms with Crippen molar-refractivity contribution >= 4 is 29.2 Å². The van der Waals surface area contributed by atoms with Gasteiger partial charge in [0.05, 0.1) is 0 Å². The zero-order valence-corrected chi connectivity index (χ0v) is 31.8. The molecule has 2 aromatic rings. The lowest BCUT2D eigenvalue weighted by molar-refractivity contribution is -0.144. The number of hydrogen-bond acceptors (Lipinski definition) is 8. The smallest absolute Gasteiger partial charge is 0.226 e. The number of carbonyl (C=O) groups excluding carboxylic acids is 5. The minimum atomic E-state index is -1.13. The number of nitrogens with one attached hydrogen (secondary N) is 1. The average Bonchev–Trinajstić information content (AvgIpc) is 3.11. The summed E-state index contributed by atoms with van der Waals surface area (Å²) in [6.45, 7) is 6.24. The van der Waals surface area contributed by atoms with Crippen LogP contribution in [0.1, 0.15) is 134 Å². The third kappa shape index (κ3) is 12.6. The molecule has 0 aliphatic carbocycles. The van der Waals surface area contributed by atoms with E-state index in [4.69, 9.17) is 5.73 Å². The summed E-state index contributed by atoms with van der Waals surface area (Å²) in [7, 11) is 1.54. The van der Waals surface area contributed by atoms with E-state index in [2.05, 4.69) is 12.2 Å². The molecule has 0 unspecified atom stereocenters. The number of ketones is 3. The van der Waals surface area contributed by atoms with Crippen molar-refractivity contribution in [3.8, 4) is 22.6 Å². The maximum absolute atomic E-state index is 14.3. The molecule has 0 spiro atoms. The summed E-state index contributed by atoms with van der Waals surface area (Å²) in [5, 5.41) is 24.9. The fraction of sp³-hybridized carbons (Fsp3) is 0.595. The van der Waals surface area contributed by atoms with Gasteiger partial charge in [0, 0.05) is 68.2 Å². The molecule has 0 fully saturated rings. The first-order valence-corrected chi connectivity index (χ1v) is 19.4. The molecule has 0 aromatic heterocycles. The second kappa shape index (κ2) is 21.5. The SMILES string of the molecule is CCCCCCCC(=O)CCCC(=O)C[C@@H](CCCCN)C(=O)N(C)[C@@H]1C(=O)C[C@@H](C)C(=O)N[C@H](CC)Cc2ccc(O)c(c2)-c2cc1ccc2O. The predicted octanol–water partition coefficient (Wildman–Crippen LogP) is 7.11. The Morgan fingerprint density at radius 1 is 0.846 bits per heavy atom. The highest BCUT2D eigenvalue weighted by Crippen LogP contribution is 2.39. The number of amides is 2. The molecule has 10 nitrogen and oxygen atoms in total. The molecule has 0 saturated carbocycles. The standard InChI is InChI=1S/C42H61N3O7/c1-5-7-8-9-10-15-33(46)16-13-17-34(47)26-31(14-11-12-22-43)42(52)45(4)40-30-19-21-38(49)36(27-30)35-25-29(18-20-37(35)48)24-32(6-2)44-41(51)28(3)23-39(40)50/h18-21,25,27-28,31-32,40,48-49H,5-17,22-24,26,43H2,1-4H3,(H,44,51)/t28-,31-,32-,40+/m1/s1. The molecule has 0 radical (unpaired) electrons. The largest absolute Gasteiger partial charge is 0.507 e. The first kappa shape index (κ1) is 42.4. The lowest BCUT2D eigenvalue weighted by atomic mass is 9.88. The number of nitrogens with two attached hydrogens (primary N) is 1. The van der Waals surface area contributed by atoms with E-state index in [1.807, 2.05) is 6.92 Å². The Labute approximate surface area is 309 Å². The second-order valence-electron chi connectivity index (χ2n) is 14.6. The van der Waals surface area contributed by atoms with Crippen molar-refractivity contribution in [2.45, 2.75) is 136 Å². The third-order valence-electron chi connectivity index (χ3n) is 10.3. The van der Waals surface area contributed by atoms with Crippen LogP contribution in [-0.4, -0.2) is 63.9 Å². The molecular formula is C42H61N3O7. The highest BCUT2D eigenvalue weighted by molar-refractivity contribution is 5.95. The van der Waals surface area contributed by atoms with E-state index in [0.717, 1.165) is 31.2 Å². The summed E-state index contributed by atoms with van der Waals surface area (Å²) in [6.07, 6.45) is 9.55. The molecule has 0 saturated heterocycles. The Balaban J connectivity index is 1.90. The minimum Gasteiger partial charge on any atom is -0.507 e. The highest BCUT2D eigenvalue weighted by atomic mass is 16.3. The Morgan fingerprint density at radius 3 is 2.19 bits per heavy atom. The Kier molecular flexibility index (Phi) is 17.5. The molecule has 2 aromatic carbocycles. The van der Waals surface area contributed by atoms with Crippen molar-refractivity contribution in [1.82, 2.24) is 10.2 Å². The van der Waals surface area contributed by atoms with Crippen LogP contribution in [-0.2, 0) is 30.4 Å². The number of Topliss-reactive ketones (excluding diaryl/α,β-unsaturated/α-hetero) is 3. The molecule has 286 valence electrons.